The van der Waals surface area contributed by atoms with Gasteiger partial charge in [-0.15, -0.1) is 0 Å². The Morgan fingerprint density at radius 3 is 2.67 bits per heavy atom. The second-order valence-corrected chi connectivity index (χ2v) is 8.11. The van der Waals surface area contributed by atoms with Crippen molar-refractivity contribution in [2.24, 2.45) is 0 Å². The molecule has 0 unspecified atom stereocenters. The molecule has 1 heterocycles. The summed E-state index contributed by atoms with van der Waals surface area (Å²) >= 11 is 0. The van der Waals surface area contributed by atoms with Crippen LogP contribution in [0.3, 0.4) is 0 Å². The Balaban J connectivity index is 1.93. The van der Waals surface area contributed by atoms with E-state index in [1.54, 1.807) is 0 Å². The van der Waals surface area contributed by atoms with E-state index in [1.165, 1.54) is 5.56 Å². The Hall–Kier alpha value is -2.30. The van der Waals surface area contributed by atoms with Crippen LogP contribution in [0, 0.1) is 0 Å². The normalized spacial score (nSPS) is 11.6. The zero-order chi connectivity index (χ0) is 19.9. The van der Waals surface area contributed by atoms with Crippen molar-refractivity contribution < 1.29 is 9.53 Å². The molecule has 0 saturated heterocycles. The number of benzene rings is 1. The maximum absolute atomic E-state index is 11.9. The van der Waals surface area contributed by atoms with Crippen LogP contribution >= 0.6 is 0 Å². The number of hydrogen-bond donors (Lipinski definition) is 2. The van der Waals surface area contributed by atoms with E-state index in [9.17, 15) is 4.79 Å². The van der Waals surface area contributed by atoms with Crippen LogP contribution in [0.4, 0.5) is 5.82 Å². The minimum Gasteiger partial charge on any atom is -0.490 e. The second-order valence-electron chi connectivity index (χ2n) is 8.11. The van der Waals surface area contributed by atoms with Gasteiger partial charge in [0.1, 0.15) is 0 Å². The lowest BCUT2D eigenvalue weighted by molar-refractivity contribution is -0.122. The summed E-state index contributed by atoms with van der Waals surface area (Å²) in [6.45, 7) is 8.79. The van der Waals surface area contributed by atoms with E-state index in [0.717, 1.165) is 43.0 Å². The maximum Gasteiger partial charge on any atom is 0.220 e. The molecule has 0 spiro atoms. The standard InChI is InChI=1S/C22H33N3O2/c1-5-6-13-27-19-15-17-14-16(11-12-18(17)24-21(19)23)9-7-8-10-20(26)25-22(2,3)4/h11-12,14-15H,5-10,13H2,1-4H3,(H2,23,24)(H,25,26). The SMILES string of the molecule is CCCCOc1cc2cc(CCCCC(=O)NC(C)(C)C)ccc2nc1N. The van der Waals surface area contributed by atoms with Crippen LogP contribution in [0.2, 0.25) is 0 Å². The van der Waals surface area contributed by atoms with Gasteiger partial charge in [-0.25, -0.2) is 4.98 Å². The largest absolute Gasteiger partial charge is 0.490 e. The van der Waals surface area contributed by atoms with Gasteiger partial charge in [0.15, 0.2) is 11.6 Å². The highest BCUT2D eigenvalue weighted by Crippen LogP contribution is 2.26. The number of carbonyl (C=O) groups excluding carboxylic acids is 1. The van der Waals surface area contributed by atoms with Crippen molar-refractivity contribution in [1.82, 2.24) is 10.3 Å². The fourth-order valence-electron chi connectivity index (χ4n) is 2.91. The summed E-state index contributed by atoms with van der Waals surface area (Å²) in [5.74, 6) is 1.22. The number of anilines is 1. The number of nitrogens with two attached hydrogens (primary N) is 1. The van der Waals surface area contributed by atoms with E-state index in [1.807, 2.05) is 32.9 Å². The number of ether oxygens (including phenoxy) is 1. The number of nitrogen functional groups attached to an aromatic ring is 1. The molecule has 0 saturated carbocycles. The summed E-state index contributed by atoms with van der Waals surface area (Å²) in [5, 5.41) is 4.04. The lowest BCUT2D eigenvalue weighted by Gasteiger charge is -2.20. The summed E-state index contributed by atoms with van der Waals surface area (Å²) in [7, 11) is 0. The molecule has 0 fully saturated rings. The number of carbonyl (C=O) groups is 1. The minimum atomic E-state index is -0.165. The molecule has 2 aromatic rings. The number of rotatable bonds is 9. The Kier molecular flexibility index (Phi) is 7.45. The zero-order valence-electron chi connectivity index (χ0n) is 17.1. The van der Waals surface area contributed by atoms with Gasteiger partial charge in [-0.1, -0.05) is 19.4 Å². The maximum atomic E-state index is 11.9. The summed E-state index contributed by atoms with van der Waals surface area (Å²) in [6, 6.07) is 8.21. The van der Waals surface area contributed by atoms with Crippen molar-refractivity contribution in [3.05, 3.63) is 29.8 Å². The molecule has 0 radical (unpaired) electrons. The van der Waals surface area contributed by atoms with Crippen molar-refractivity contribution in [2.45, 2.75) is 71.8 Å². The highest BCUT2D eigenvalue weighted by molar-refractivity contribution is 5.83. The molecule has 0 aliphatic carbocycles. The van der Waals surface area contributed by atoms with E-state index in [4.69, 9.17) is 10.5 Å². The predicted octanol–water partition coefficient (Wildman–Crippen LogP) is 4.62. The van der Waals surface area contributed by atoms with Gasteiger partial charge in [-0.2, -0.15) is 0 Å². The highest BCUT2D eigenvalue weighted by Gasteiger charge is 2.13. The number of nitrogens with zero attached hydrogens (tertiary/aromatic N) is 1. The molecule has 148 valence electrons. The van der Waals surface area contributed by atoms with E-state index < -0.39 is 0 Å². The molecule has 27 heavy (non-hydrogen) atoms. The van der Waals surface area contributed by atoms with Gasteiger partial charge in [0.25, 0.3) is 0 Å². The van der Waals surface area contributed by atoms with E-state index in [-0.39, 0.29) is 11.4 Å². The molecule has 5 nitrogen and oxygen atoms in total. The molecule has 1 aromatic heterocycles. The van der Waals surface area contributed by atoms with Gasteiger partial charge in [0.2, 0.25) is 5.91 Å². The van der Waals surface area contributed by atoms with E-state index >= 15 is 0 Å². The molecule has 0 aliphatic rings. The molecule has 0 atom stereocenters. The van der Waals surface area contributed by atoms with Crippen molar-refractivity contribution in [3.8, 4) is 5.75 Å². The van der Waals surface area contributed by atoms with Crippen molar-refractivity contribution in [2.75, 3.05) is 12.3 Å². The predicted molar refractivity (Wildman–Crippen MR) is 112 cm³/mol. The molecular formula is C22H33N3O2. The Labute approximate surface area is 162 Å². The zero-order valence-corrected chi connectivity index (χ0v) is 17.1. The number of amides is 1. The third-order valence-corrected chi connectivity index (χ3v) is 4.26. The quantitative estimate of drug-likeness (QED) is 0.630. The number of aryl methyl sites for hydroxylation is 1. The number of nitrogens with one attached hydrogen (secondary N) is 1. The first-order valence-corrected chi connectivity index (χ1v) is 9.91. The smallest absolute Gasteiger partial charge is 0.220 e. The lowest BCUT2D eigenvalue weighted by Crippen LogP contribution is -2.40. The summed E-state index contributed by atoms with van der Waals surface area (Å²) in [5.41, 5.74) is 7.96. The first kappa shape index (κ1) is 21.0. The third kappa shape index (κ3) is 7.08. The molecular weight excluding hydrogens is 338 g/mol. The molecule has 1 amide bonds. The van der Waals surface area contributed by atoms with Crippen LogP contribution in [0.1, 0.15) is 65.4 Å². The minimum absolute atomic E-state index is 0.120. The molecule has 3 N–H and O–H groups in total. The number of unbranched alkanes of at least 4 members (excludes halogenated alkanes) is 2. The van der Waals surface area contributed by atoms with Crippen molar-refractivity contribution >= 4 is 22.6 Å². The first-order chi connectivity index (χ1) is 12.8. The summed E-state index contributed by atoms with van der Waals surface area (Å²) in [4.78, 5) is 16.3. The Morgan fingerprint density at radius 1 is 1.19 bits per heavy atom. The molecule has 1 aromatic carbocycles. The third-order valence-electron chi connectivity index (χ3n) is 4.26. The monoisotopic (exact) mass is 371 g/mol. The Bertz CT molecular complexity index is 766. The highest BCUT2D eigenvalue weighted by atomic mass is 16.5. The fourth-order valence-corrected chi connectivity index (χ4v) is 2.91. The fraction of sp³-hybridized carbons (Fsp3) is 0.545. The summed E-state index contributed by atoms with van der Waals surface area (Å²) < 4.78 is 5.76. The van der Waals surface area contributed by atoms with E-state index in [2.05, 4.69) is 29.4 Å². The van der Waals surface area contributed by atoms with Gasteiger partial charge in [0, 0.05) is 17.3 Å². The van der Waals surface area contributed by atoms with Crippen molar-refractivity contribution in [1.29, 1.82) is 0 Å². The van der Waals surface area contributed by atoms with Crippen LogP contribution in [-0.4, -0.2) is 23.0 Å². The van der Waals surface area contributed by atoms with Gasteiger partial charge < -0.3 is 15.8 Å². The first-order valence-electron chi connectivity index (χ1n) is 9.91. The van der Waals surface area contributed by atoms with Crippen LogP contribution in [-0.2, 0) is 11.2 Å². The number of pyridine rings is 1. The number of hydrogen-bond acceptors (Lipinski definition) is 4. The summed E-state index contributed by atoms with van der Waals surface area (Å²) in [6.07, 6.45) is 5.45. The van der Waals surface area contributed by atoms with Crippen LogP contribution in [0.5, 0.6) is 5.75 Å². The second kappa shape index (κ2) is 9.58. The Morgan fingerprint density at radius 2 is 1.96 bits per heavy atom. The van der Waals surface area contributed by atoms with Crippen LogP contribution < -0.4 is 15.8 Å². The average molecular weight is 372 g/mol. The number of aromatic nitrogens is 1. The van der Waals surface area contributed by atoms with E-state index in [0.29, 0.717) is 24.6 Å². The molecule has 5 heteroatoms. The molecule has 0 bridgehead atoms. The van der Waals surface area contributed by atoms with Gasteiger partial charge in [-0.05, 0) is 70.2 Å². The topological polar surface area (TPSA) is 77.2 Å². The van der Waals surface area contributed by atoms with Crippen LogP contribution in [0.15, 0.2) is 24.3 Å². The van der Waals surface area contributed by atoms with Gasteiger partial charge >= 0.3 is 0 Å². The van der Waals surface area contributed by atoms with Crippen LogP contribution in [0.25, 0.3) is 10.9 Å². The molecule has 2 rings (SSSR count). The van der Waals surface area contributed by atoms with Crippen molar-refractivity contribution in [3.63, 3.8) is 0 Å². The average Bonchev–Trinajstić information content (AvgIpc) is 2.58. The number of fused-ring (bicyclic) bond motifs is 1. The van der Waals surface area contributed by atoms with Gasteiger partial charge in [0.05, 0.1) is 12.1 Å². The molecule has 0 aliphatic heterocycles. The van der Waals surface area contributed by atoms with Gasteiger partial charge in [-0.3, -0.25) is 4.79 Å². The lowest BCUT2D eigenvalue weighted by atomic mass is 10.0.